The van der Waals surface area contributed by atoms with Gasteiger partial charge in [0.05, 0.1) is 29.7 Å². The number of nitrogens with one attached hydrogen (secondary N) is 2. The molecule has 9 nitrogen and oxygen atoms in total. The summed E-state index contributed by atoms with van der Waals surface area (Å²) < 4.78 is 3.87. The Labute approximate surface area is 245 Å². The SMILES string of the molecule is CNC(=O)C(C)c1ccc2c(C)cn(C(C)CC(=O)NC3CC(Cn4cc(Cl)cn4)=CC=C3CCCC(=O)O)c2c1. The van der Waals surface area contributed by atoms with Gasteiger partial charge < -0.3 is 20.3 Å². The first-order chi connectivity index (χ1) is 19.5. The third-order valence-corrected chi connectivity index (χ3v) is 7.95. The van der Waals surface area contributed by atoms with Gasteiger partial charge in [0.1, 0.15) is 0 Å². The lowest BCUT2D eigenvalue weighted by Crippen LogP contribution is -2.38. The van der Waals surface area contributed by atoms with Gasteiger partial charge in [-0.2, -0.15) is 5.10 Å². The summed E-state index contributed by atoms with van der Waals surface area (Å²) in [5.41, 5.74) is 5.13. The molecule has 2 amide bonds. The molecule has 0 saturated heterocycles. The highest BCUT2D eigenvalue weighted by molar-refractivity contribution is 6.30. The number of nitrogens with zero attached hydrogens (tertiary/aromatic N) is 3. The van der Waals surface area contributed by atoms with Crippen molar-refractivity contribution in [2.24, 2.45) is 0 Å². The number of hydrogen-bond donors (Lipinski definition) is 3. The minimum absolute atomic E-state index is 0.0460. The fraction of sp³-hybridized carbons (Fsp3) is 0.419. The van der Waals surface area contributed by atoms with Crippen LogP contribution in [-0.4, -0.2) is 50.3 Å². The maximum atomic E-state index is 13.4. The number of halogens is 1. The molecular weight excluding hydrogens is 542 g/mol. The first-order valence-corrected chi connectivity index (χ1v) is 14.3. The van der Waals surface area contributed by atoms with Gasteiger partial charge in [-0.15, -0.1) is 0 Å². The molecule has 4 rings (SSSR count). The highest BCUT2D eigenvalue weighted by Crippen LogP contribution is 2.30. The van der Waals surface area contributed by atoms with E-state index in [9.17, 15) is 14.4 Å². The smallest absolute Gasteiger partial charge is 0.303 e. The standard InChI is InChI=1S/C31H38ClN5O4/c1-19-16-37(28-14-24(10-11-26(19)28)21(3)31(41)33-4)20(2)12-29(38)35-27-13-22(17-36-18-25(32)15-34-36)8-9-23(27)6-5-7-30(39)40/h8-11,14-16,18,20-21,27H,5-7,12-13,17H2,1-4H3,(H,33,41)(H,35,38)(H,39,40). The minimum atomic E-state index is -0.829. The molecule has 218 valence electrons. The van der Waals surface area contributed by atoms with E-state index in [1.54, 1.807) is 24.1 Å². The van der Waals surface area contributed by atoms with E-state index in [1.165, 1.54) is 0 Å². The van der Waals surface area contributed by atoms with E-state index in [-0.39, 0.29) is 42.7 Å². The van der Waals surface area contributed by atoms with Crippen LogP contribution < -0.4 is 10.6 Å². The molecule has 2 heterocycles. The molecule has 0 saturated carbocycles. The molecule has 1 aromatic carbocycles. The van der Waals surface area contributed by atoms with Crippen molar-refractivity contribution in [3.8, 4) is 0 Å². The number of aliphatic carboxylic acids is 1. The molecule has 1 aliphatic carbocycles. The Morgan fingerprint density at radius 2 is 1.98 bits per heavy atom. The molecule has 0 radical (unpaired) electrons. The lowest BCUT2D eigenvalue weighted by atomic mass is 9.89. The second kappa shape index (κ2) is 13.2. The molecule has 1 aliphatic rings. The monoisotopic (exact) mass is 579 g/mol. The van der Waals surface area contributed by atoms with Gasteiger partial charge in [-0.05, 0) is 68.4 Å². The summed E-state index contributed by atoms with van der Waals surface area (Å²) >= 11 is 6.02. The quantitative estimate of drug-likeness (QED) is 0.269. The van der Waals surface area contributed by atoms with Crippen molar-refractivity contribution in [1.29, 1.82) is 0 Å². The van der Waals surface area contributed by atoms with Crippen molar-refractivity contribution >= 4 is 40.3 Å². The van der Waals surface area contributed by atoms with E-state index in [0.29, 0.717) is 30.8 Å². The van der Waals surface area contributed by atoms with Gasteiger partial charge in [-0.25, -0.2) is 0 Å². The zero-order valence-electron chi connectivity index (χ0n) is 24.0. The molecule has 0 spiro atoms. The average Bonchev–Trinajstić information content (AvgIpc) is 3.50. The van der Waals surface area contributed by atoms with Crippen LogP contribution >= 0.6 is 11.6 Å². The number of aryl methyl sites for hydroxylation is 1. The highest BCUT2D eigenvalue weighted by Gasteiger charge is 2.24. The van der Waals surface area contributed by atoms with Gasteiger partial charge >= 0.3 is 5.97 Å². The third kappa shape index (κ3) is 7.47. The molecular formula is C31H38ClN5O4. The molecule has 2 aromatic heterocycles. The fourth-order valence-corrected chi connectivity index (χ4v) is 5.62. The van der Waals surface area contributed by atoms with Crippen molar-refractivity contribution in [2.45, 2.75) is 77.4 Å². The predicted octanol–water partition coefficient (Wildman–Crippen LogP) is 5.30. The van der Waals surface area contributed by atoms with E-state index in [4.69, 9.17) is 16.7 Å². The number of benzene rings is 1. The molecule has 3 aromatic rings. The summed E-state index contributed by atoms with van der Waals surface area (Å²) in [5, 5.41) is 20.9. The Bertz CT molecular complexity index is 1500. The fourth-order valence-electron chi connectivity index (χ4n) is 5.46. The molecule has 3 N–H and O–H groups in total. The summed E-state index contributed by atoms with van der Waals surface area (Å²) in [5.74, 6) is -1.24. The Morgan fingerprint density at radius 1 is 1.20 bits per heavy atom. The van der Waals surface area contributed by atoms with Crippen molar-refractivity contribution < 1.29 is 19.5 Å². The Kier molecular flexibility index (Phi) is 9.70. The van der Waals surface area contributed by atoms with Crippen LogP contribution in [0.15, 0.2) is 60.1 Å². The van der Waals surface area contributed by atoms with E-state index >= 15 is 0 Å². The summed E-state index contributed by atoms with van der Waals surface area (Å²) in [6, 6.07) is 5.72. The van der Waals surface area contributed by atoms with Crippen molar-refractivity contribution in [1.82, 2.24) is 25.0 Å². The number of aromatic nitrogens is 3. The Morgan fingerprint density at radius 3 is 2.66 bits per heavy atom. The molecule has 3 unspecified atom stereocenters. The van der Waals surface area contributed by atoms with Crippen LogP contribution in [0.1, 0.15) is 69.0 Å². The van der Waals surface area contributed by atoms with E-state index in [0.717, 1.165) is 33.2 Å². The summed E-state index contributed by atoms with van der Waals surface area (Å²) in [6.45, 7) is 6.50. The zero-order chi connectivity index (χ0) is 29.7. The molecule has 10 heteroatoms. The number of carboxylic acid groups (broad SMARTS) is 1. The molecule has 0 bridgehead atoms. The normalized spacial score (nSPS) is 16.6. The van der Waals surface area contributed by atoms with Crippen LogP contribution in [0, 0.1) is 6.92 Å². The summed E-state index contributed by atoms with van der Waals surface area (Å²) in [4.78, 5) is 36.7. The number of rotatable bonds is 12. The van der Waals surface area contributed by atoms with Crippen LogP contribution in [0.4, 0.5) is 0 Å². The van der Waals surface area contributed by atoms with Gasteiger partial charge in [0.25, 0.3) is 0 Å². The lowest BCUT2D eigenvalue weighted by molar-refractivity contribution is -0.137. The maximum absolute atomic E-state index is 13.4. The van der Waals surface area contributed by atoms with Gasteiger partial charge in [0.15, 0.2) is 0 Å². The lowest BCUT2D eigenvalue weighted by Gasteiger charge is -2.27. The zero-order valence-corrected chi connectivity index (χ0v) is 24.7. The number of carbonyl (C=O) groups excluding carboxylic acids is 2. The molecule has 41 heavy (non-hydrogen) atoms. The highest BCUT2D eigenvalue weighted by atomic mass is 35.5. The number of amides is 2. The predicted molar refractivity (Wildman–Crippen MR) is 160 cm³/mol. The van der Waals surface area contributed by atoms with E-state index in [2.05, 4.69) is 26.5 Å². The second-order valence-corrected chi connectivity index (χ2v) is 11.3. The van der Waals surface area contributed by atoms with Gasteiger partial charge in [0, 0.05) is 49.2 Å². The maximum Gasteiger partial charge on any atom is 0.303 e. The molecule has 0 aliphatic heterocycles. The van der Waals surface area contributed by atoms with Gasteiger partial charge in [-0.1, -0.05) is 35.9 Å². The Hall–Kier alpha value is -3.85. The average molecular weight is 580 g/mol. The first kappa shape index (κ1) is 30.1. The van der Waals surface area contributed by atoms with E-state index < -0.39 is 5.97 Å². The van der Waals surface area contributed by atoms with Crippen molar-refractivity contribution in [3.63, 3.8) is 0 Å². The topological polar surface area (TPSA) is 118 Å². The van der Waals surface area contributed by atoms with Crippen molar-refractivity contribution in [3.05, 3.63) is 76.2 Å². The third-order valence-electron chi connectivity index (χ3n) is 7.76. The number of carboxylic acids is 1. The number of hydrogen-bond acceptors (Lipinski definition) is 4. The van der Waals surface area contributed by atoms with Crippen LogP contribution in [0.5, 0.6) is 0 Å². The second-order valence-electron chi connectivity index (χ2n) is 10.9. The van der Waals surface area contributed by atoms with Crippen LogP contribution in [-0.2, 0) is 20.9 Å². The van der Waals surface area contributed by atoms with Crippen LogP contribution in [0.2, 0.25) is 5.02 Å². The minimum Gasteiger partial charge on any atom is -0.481 e. The number of likely N-dealkylation sites (N-methyl/N-ethyl adjacent to an activating group) is 1. The number of fused-ring (bicyclic) bond motifs is 1. The molecule has 3 atom stereocenters. The van der Waals surface area contributed by atoms with Crippen LogP contribution in [0.25, 0.3) is 10.9 Å². The number of carbonyl (C=O) groups is 3. The molecule has 0 fully saturated rings. The summed E-state index contributed by atoms with van der Waals surface area (Å²) in [6.07, 6.45) is 11.5. The summed E-state index contributed by atoms with van der Waals surface area (Å²) in [7, 11) is 1.63. The Balaban J connectivity index is 1.48. The van der Waals surface area contributed by atoms with Gasteiger partial charge in [-0.3, -0.25) is 19.1 Å². The number of allylic oxidation sites excluding steroid dienone is 2. The van der Waals surface area contributed by atoms with Crippen LogP contribution in [0.3, 0.4) is 0 Å². The first-order valence-electron chi connectivity index (χ1n) is 14.0. The van der Waals surface area contributed by atoms with Gasteiger partial charge in [0.2, 0.25) is 11.8 Å². The van der Waals surface area contributed by atoms with E-state index in [1.807, 2.05) is 51.1 Å². The largest absolute Gasteiger partial charge is 0.481 e. The van der Waals surface area contributed by atoms with Crippen molar-refractivity contribution in [2.75, 3.05) is 7.05 Å².